The van der Waals surface area contributed by atoms with Crippen molar-refractivity contribution in [3.63, 3.8) is 0 Å². The molecule has 4 rings (SSSR count). The molecule has 0 radical (unpaired) electrons. The number of para-hydroxylation sites is 2. The molecule has 7 heteroatoms. The van der Waals surface area contributed by atoms with E-state index in [2.05, 4.69) is 4.98 Å². The van der Waals surface area contributed by atoms with Crippen molar-refractivity contribution >= 4 is 23.1 Å². The second-order valence-electron chi connectivity index (χ2n) is 7.12. The molecule has 31 heavy (non-hydrogen) atoms. The number of ether oxygens (including phenoxy) is 1. The molecular formula is C24H20N2O5. The standard InChI is InChI=1S/C24H20N2O5/c1-14-10-11-19(31-2)15(13-14)22(28)20-21(16-7-5-6-12-25-16)26(24(30)23(20)29)17-8-3-4-9-18(17)27/h3-13,21,27-28H,1-2H3/b22-20+. The molecule has 1 aromatic heterocycles. The molecule has 0 aliphatic carbocycles. The number of phenolic OH excluding ortho intramolecular Hbond substituents is 1. The van der Waals surface area contributed by atoms with E-state index < -0.39 is 17.7 Å². The van der Waals surface area contributed by atoms with E-state index in [1.807, 2.05) is 13.0 Å². The Balaban J connectivity index is 2.00. The lowest BCUT2D eigenvalue weighted by Gasteiger charge is -2.25. The average molecular weight is 416 g/mol. The van der Waals surface area contributed by atoms with Crippen molar-refractivity contribution in [2.24, 2.45) is 0 Å². The van der Waals surface area contributed by atoms with Gasteiger partial charge in [-0.2, -0.15) is 0 Å². The lowest BCUT2D eigenvalue weighted by Crippen LogP contribution is -2.29. The van der Waals surface area contributed by atoms with Crippen LogP contribution in [0.3, 0.4) is 0 Å². The van der Waals surface area contributed by atoms with Gasteiger partial charge >= 0.3 is 0 Å². The van der Waals surface area contributed by atoms with Gasteiger partial charge in [-0.1, -0.05) is 29.8 Å². The molecule has 156 valence electrons. The zero-order valence-electron chi connectivity index (χ0n) is 16.9. The second kappa shape index (κ2) is 7.95. The van der Waals surface area contributed by atoms with Crippen LogP contribution in [0.4, 0.5) is 5.69 Å². The zero-order valence-corrected chi connectivity index (χ0v) is 16.9. The van der Waals surface area contributed by atoms with Crippen molar-refractivity contribution in [1.29, 1.82) is 0 Å². The third kappa shape index (κ3) is 3.40. The summed E-state index contributed by atoms with van der Waals surface area (Å²) in [7, 11) is 1.46. The van der Waals surface area contributed by atoms with Crippen LogP contribution in [-0.2, 0) is 9.59 Å². The summed E-state index contributed by atoms with van der Waals surface area (Å²) < 4.78 is 5.36. The molecule has 0 saturated carbocycles. The third-order valence-corrected chi connectivity index (χ3v) is 5.16. The van der Waals surface area contributed by atoms with Crippen LogP contribution in [0, 0.1) is 6.92 Å². The van der Waals surface area contributed by atoms with Crippen molar-refractivity contribution in [3.8, 4) is 11.5 Å². The van der Waals surface area contributed by atoms with Crippen LogP contribution in [0.2, 0.25) is 0 Å². The van der Waals surface area contributed by atoms with E-state index in [-0.39, 0.29) is 22.8 Å². The first kappa shape index (κ1) is 20.2. The van der Waals surface area contributed by atoms with E-state index >= 15 is 0 Å². The Bertz CT molecular complexity index is 1200. The number of carbonyl (C=O) groups is 2. The van der Waals surface area contributed by atoms with E-state index in [0.717, 1.165) is 10.5 Å². The van der Waals surface area contributed by atoms with Crippen LogP contribution in [0.1, 0.15) is 22.9 Å². The Morgan fingerprint density at radius 1 is 1.06 bits per heavy atom. The van der Waals surface area contributed by atoms with Crippen molar-refractivity contribution in [3.05, 3.63) is 89.3 Å². The summed E-state index contributed by atoms with van der Waals surface area (Å²) in [6.07, 6.45) is 1.54. The molecule has 1 unspecified atom stereocenters. The number of amides is 1. The largest absolute Gasteiger partial charge is 0.507 e. The number of hydrogen-bond donors (Lipinski definition) is 2. The number of aliphatic hydroxyl groups is 1. The summed E-state index contributed by atoms with van der Waals surface area (Å²) >= 11 is 0. The molecule has 2 N–H and O–H groups in total. The molecule has 2 heterocycles. The van der Waals surface area contributed by atoms with Crippen LogP contribution >= 0.6 is 0 Å². The number of rotatable bonds is 4. The van der Waals surface area contributed by atoms with Gasteiger partial charge in [0, 0.05) is 6.20 Å². The first-order chi connectivity index (χ1) is 14.9. The van der Waals surface area contributed by atoms with Crippen molar-refractivity contribution < 1.29 is 24.5 Å². The Morgan fingerprint density at radius 2 is 1.81 bits per heavy atom. The molecule has 1 amide bonds. The molecule has 2 aromatic carbocycles. The molecule has 1 aliphatic rings. The molecule has 1 aliphatic heterocycles. The lowest BCUT2D eigenvalue weighted by atomic mass is 9.97. The van der Waals surface area contributed by atoms with Crippen LogP contribution < -0.4 is 9.64 Å². The quantitative estimate of drug-likeness (QED) is 0.382. The fourth-order valence-corrected chi connectivity index (χ4v) is 3.72. The van der Waals surface area contributed by atoms with Crippen molar-refractivity contribution in [2.45, 2.75) is 13.0 Å². The second-order valence-corrected chi connectivity index (χ2v) is 7.12. The van der Waals surface area contributed by atoms with Gasteiger partial charge in [0.1, 0.15) is 23.3 Å². The van der Waals surface area contributed by atoms with Gasteiger partial charge in [-0.15, -0.1) is 0 Å². The predicted molar refractivity (Wildman–Crippen MR) is 115 cm³/mol. The lowest BCUT2D eigenvalue weighted by molar-refractivity contribution is -0.132. The van der Waals surface area contributed by atoms with E-state index in [4.69, 9.17) is 4.74 Å². The smallest absolute Gasteiger partial charge is 0.300 e. The molecule has 0 bridgehead atoms. The maximum absolute atomic E-state index is 13.1. The maximum Gasteiger partial charge on any atom is 0.300 e. The van der Waals surface area contributed by atoms with E-state index in [1.165, 1.54) is 25.4 Å². The highest BCUT2D eigenvalue weighted by molar-refractivity contribution is 6.51. The number of benzene rings is 2. The number of hydrogen-bond acceptors (Lipinski definition) is 6. The van der Waals surface area contributed by atoms with Gasteiger partial charge in [0.05, 0.1) is 29.6 Å². The predicted octanol–water partition coefficient (Wildman–Crippen LogP) is 3.73. The monoisotopic (exact) mass is 416 g/mol. The molecule has 1 saturated heterocycles. The van der Waals surface area contributed by atoms with Crippen molar-refractivity contribution in [2.75, 3.05) is 12.0 Å². The first-order valence-corrected chi connectivity index (χ1v) is 9.59. The highest BCUT2D eigenvalue weighted by Crippen LogP contribution is 2.44. The fourth-order valence-electron chi connectivity index (χ4n) is 3.72. The third-order valence-electron chi connectivity index (χ3n) is 5.16. The Labute approximate surface area is 178 Å². The molecule has 1 atom stereocenters. The van der Waals surface area contributed by atoms with Gasteiger partial charge in [0.15, 0.2) is 0 Å². The number of ketones is 1. The molecule has 7 nitrogen and oxygen atoms in total. The first-order valence-electron chi connectivity index (χ1n) is 9.59. The number of nitrogens with zero attached hydrogens (tertiary/aromatic N) is 2. The van der Waals surface area contributed by atoms with Gasteiger partial charge in [-0.3, -0.25) is 19.5 Å². The SMILES string of the molecule is COc1ccc(C)cc1/C(O)=C1\C(=O)C(=O)N(c2ccccc2O)C1c1ccccn1. The Morgan fingerprint density at radius 3 is 2.48 bits per heavy atom. The summed E-state index contributed by atoms with van der Waals surface area (Å²) in [5.41, 5.74) is 1.52. The Kier molecular flexibility index (Phi) is 5.17. The van der Waals surface area contributed by atoms with Gasteiger partial charge in [-0.05, 0) is 43.3 Å². The maximum atomic E-state index is 13.1. The molecular weight excluding hydrogens is 396 g/mol. The Hall–Kier alpha value is -4.13. The number of aromatic nitrogens is 1. The molecule has 0 spiro atoms. The number of aryl methyl sites for hydroxylation is 1. The van der Waals surface area contributed by atoms with Crippen LogP contribution in [0.25, 0.3) is 5.76 Å². The number of pyridine rings is 1. The number of phenols is 1. The summed E-state index contributed by atoms with van der Waals surface area (Å²) in [4.78, 5) is 31.7. The highest BCUT2D eigenvalue weighted by atomic mass is 16.5. The van der Waals surface area contributed by atoms with E-state index in [0.29, 0.717) is 17.0 Å². The zero-order chi connectivity index (χ0) is 22.1. The number of methoxy groups -OCH3 is 1. The van der Waals surface area contributed by atoms with Gasteiger partial charge in [0.2, 0.25) is 0 Å². The minimum absolute atomic E-state index is 0.129. The summed E-state index contributed by atoms with van der Waals surface area (Å²) in [6.45, 7) is 1.84. The molecule has 1 fully saturated rings. The summed E-state index contributed by atoms with van der Waals surface area (Å²) in [6, 6.07) is 15.4. The molecule has 3 aromatic rings. The average Bonchev–Trinajstić information content (AvgIpc) is 3.05. The summed E-state index contributed by atoms with van der Waals surface area (Å²) in [5, 5.41) is 21.6. The minimum Gasteiger partial charge on any atom is -0.507 e. The summed E-state index contributed by atoms with van der Waals surface area (Å²) in [5.74, 6) is -1.92. The fraction of sp³-hybridized carbons (Fsp3) is 0.125. The number of Topliss-reactive ketones (excluding diaryl/α,β-unsaturated/α-hetero) is 1. The van der Waals surface area contributed by atoms with Gasteiger partial charge in [-0.25, -0.2) is 0 Å². The number of aliphatic hydroxyl groups excluding tert-OH is 1. The van der Waals surface area contributed by atoms with Crippen LogP contribution in [-0.4, -0.2) is 34.0 Å². The number of aromatic hydroxyl groups is 1. The van der Waals surface area contributed by atoms with E-state index in [1.54, 1.807) is 42.5 Å². The van der Waals surface area contributed by atoms with Gasteiger partial charge < -0.3 is 14.9 Å². The number of anilines is 1. The van der Waals surface area contributed by atoms with Crippen molar-refractivity contribution in [1.82, 2.24) is 4.98 Å². The topological polar surface area (TPSA) is 100.0 Å². The highest BCUT2D eigenvalue weighted by Gasteiger charge is 2.48. The van der Waals surface area contributed by atoms with Crippen LogP contribution in [0.15, 0.2) is 72.4 Å². The van der Waals surface area contributed by atoms with Crippen LogP contribution in [0.5, 0.6) is 11.5 Å². The minimum atomic E-state index is -1.03. The van der Waals surface area contributed by atoms with E-state index in [9.17, 15) is 19.8 Å². The normalized spacial score (nSPS) is 17.7. The number of carbonyl (C=O) groups excluding carboxylic acids is 2. The van der Waals surface area contributed by atoms with Gasteiger partial charge in [0.25, 0.3) is 11.7 Å².